The Kier molecular flexibility index (Phi) is 1.59. The summed E-state index contributed by atoms with van der Waals surface area (Å²) < 4.78 is 0. The number of ketones is 1. The summed E-state index contributed by atoms with van der Waals surface area (Å²) in [6.07, 6.45) is 5.46. The maximum absolute atomic E-state index is 11.5. The largest absolute Gasteiger partial charge is 0.299 e. The average Bonchev–Trinajstić information content (AvgIpc) is 1.92. The summed E-state index contributed by atoms with van der Waals surface area (Å²) in [6.45, 7) is 3.98. The molecule has 2 atom stereocenters. The smallest absolute Gasteiger partial charge is 0.139 e. The van der Waals surface area contributed by atoms with Crippen LogP contribution >= 0.6 is 0 Å². The maximum atomic E-state index is 11.5. The molecule has 2 unspecified atom stereocenters. The molecular formula is C10H14O. The van der Waals surface area contributed by atoms with Crippen LogP contribution in [0.4, 0.5) is 0 Å². The molecule has 0 aromatic heterocycles. The molecule has 0 heterocycles. The highest BCUT2D eigenvalue weighted by Gasteiger charge is 2.35. The third-order valence-corrected chi connectivity index (χ3v) is 2.98. The van der Waals surface area contributed by atoms with Crippen molar-refractivity contribution in [1.29, 1.82) is 0 Å². The van der Waals surface area contributed by atoms with E-state index in [2.05, 4.69) is 6.58 Å². The van der Waals surface area contributed by atoms with Crippen molar-refractivity contribution in [1.82, 2.24) is 0 Å². The molecule has 1 nitrogen and oxygen atoms in total. The number of fused-ring (bicyclic) bond motifs is 2. The molecule has 2 aliphatic rings. The first kappa shape index (κ1) is 7.08. The van der Waals surface area contributed by atoms with Crippen molar-refractivity contribution in [2.45, 2.75) is 32.1 Å². The number of rotatable bonds is 0. The molecule has 0 radical (unpaired) electrons. The van der Waals surface area contributed by atoms with Crippen LogP contribution in [0.5, 0.6) is 0 Å². The normalized spacial score (nSPS) is 37.5. The summed E-state index contributed by atoms with van der Waals surface area (Å²) in [5.41, 5.74) is 1.30. The first-order valence-electron chi connectivity index (χ1n) is 4.48. The van der Waals surface area contributed by atoms with Gasteiger partial charge in [0.25, 0.3) is 0 Å². The molecule has 0 N–H and O–H groups in total. The Morgan fingerprint density at radius 2 is 1.73 bits per heavy atom. The van der Waals surface area contributed by atoms with Crippen molar-refractivity contribution in [2.75, 3.05) is 0 Å². The summed E-state index contributed by atoms with van der Waals surface area (Å²) in [6, 6.07) is 0. The van der Waals surface area contributed by atoms with E-state index < -0.39 is 0 Å². The minimum atomic E-state index is 0.356. The Morgan fingerprint density at radius 1 is 1.18 bits per heavy atom. The van der Waals surface area contributed by atoms with Gasteiger partial charge in [0.2, 0.25) is 0 Å². The second-order valence-corrected chi connectivity index (χ2v) is 3.89. The van der Waals surface area contributed by atoms with E-state index in [1.165, 1.54) is 12.0 Å². The predicted octanol–water partition coefficient (Wildman–Crippen LogP) is 2.32. The highest BCUT2D eigenvalue weighted by Crippen LogP contribution is 2.38. The fraction of sp³-hybridized carbons (Fsp3) is 0.700. The fourth-order valence-electron chi connectivity index (χ4n) is 2.41. The Labute approximate surface area is 67.5 Å². The molecule has 11 heavy (non-hydrogen) atoms. The lowest BCUT2D eigenvalue weighted by atomic mass is 9.70. The second kappa shape index (κ2) is 2.47. The lowest BCUT2D eigenvalue weighted by molar-refractivity contribution is -0.130. The number of hydrogen-bond donors (Lipinski definition) is 0. The van der Waals surface area contributed by atoms with Gasteiger partial charge in [0.05, 0.1) is 0 Å². The predicted molar refractivity (Wildman–Crippen MR) is 44.2 cm³/mol. The molecule has 0 aliphatic heterocycles. The molecule has 2 saturated carbocycles. The fourth-order valence-corrected chi connectivity index (χ4v) is 2.41. The topological polar surface area (TPSA) is 17.1 Å². The molecule has 0 aromatic rings. The van der Waals surface area contributed by atoms with Gasteiger partial charge in [0.15, 0.2) is 0 Å². The van der Waals surface area contributed by atoms with E-state index in [1.807, 2.05) is 0 Å². The number of carbonyl (C=O) groups is 1. The standard InChI is InChI=1S/C10H14O/c1-7-5-8-3-2-4-9(6-7)10(8)11/h8-9H,1-6H2. The quantitative estimate of drug-likeness (QED) is 0.484. The van der Waals surface area contributed by atoms with Crippen molar-refractivity contribution in [3.05, 3.63) is 12.2 Å². The van der Waals surface area contributed by atoms with Crippen molar-refractivity contribution >= 4 is 5.78 Å². The molecule has 60 valence electrons. The zero-order valence-corrected chi connectivity index (χ0v) is 6.81. The molecule has 0 aromatic carbocycles. The average molecular weight is 150 g/mol. The second-order valence-electron chi connectivity index (χ2n) is 3.89. The molecular weight excluding hydrogens is 136 g/mol. The molecule has 0 amide bonds. The van der Waals surface area contributed by atoms with Crippen LogP contribution in [0, 0.1) is 11.8 Å². The number of allylic oxidation sites excluding steroid dienone is 1. The van der Waals surface area contributed by atoms with Crippen molar-refractivity contribution in [3.8, 4) is 0 Å². The van der Waals surface area contributed by atoms with Gasteiger partial charge >= 0.3 is 0 Å². The Bertz CT molecular complexity index is 187. The van der Waals surface area contributed by atoms with Crippen LogP contribution < -0.4 is 0 Å². The van der Waals surface area contributed by atoms with E-state index in [0.717, 1.165) is 25.7 Å². The highest BCUT2D eigenvalue weighted by molar-refractivity contribution is 5.85. The van der Waals surface area contributed by atoms with Gasteiger partial charge in [0, 0.05) is 11.8 Å². The lowest BCUT2D eigenvalue weighted by Crippen LogP contribution is -2.33. The molecule has 1 heteroatoms. The van der Waals surface area contributed by atoms with Crippen LogP contribution in [-0.4, -0.2) is 5.78 Å². The SMILES string of the molecule is C=C1CC2CCCC(C1)C2=O. The van der Waals surface area contributed by atoms with E-state index >= 15 is 0 Å². The monoisotopic (exact) mass is 150 g/mol. The summed E-state index contributed by atoms with van der Waals surface area (Å²) >= 11 is 0. The van der Waals surface area contributed by atoms with Crippen molar-refractivity contribution < 1.29 is 4.79 Å². The summed E-state index contributed by atoms with van der Waals surface area (Å²) in [5, 5.41) is 0. The molecule has 0 spiro atoms. The number of hydrogen-bond acceptors (Lipinski definition) is 1. The Hall–Kier alpha value is -0.590. The van der Waals surface area contributed by atoms with Gasteiger partial charge in [-0.2, -0.15) is 0 Å². The van der Waals surface area contributed by atoms with Gasteiger partial charge in [-0.05, 0) is 25.7 Å². The van der Waals surface area contributed by atoms with Gasteiger partial charge in [0.1, 0.15) is 5.78 Å². The third-order valence-electron chi connectivity index (χ3n) is 2.98. The van der Waals surface area contributed by atoms with Gasteiger partial charge in [-0.15, -0.1) is 0 Å². The number of carbonyl (C=O) groups excluding carboxylic acids is 1. The first-order chi connectivity index (χ1) is 5.27. The van der Waals surface area contributed by atoms with E-state index in [-0.39, 0.29) is 0 Å². The molecule has 0 saturated heterocycles. The molecule has 2 fully saturated rings. The van der Waals surface area contributed by atoms with Crippen LogP contribution in [0.15, 0.2) is 12.2 Å². The zero-order chi connectivity index (χ0) is 7.84. The van der Waals surface area contributed by atoms with Crippen LogP contribution in [0.1, 0.15) is 32.1 Å². The maximum Gasteiger partial charge on any atom is 0.139 e. The zero-order valence-electron chi connectivity index (χ0n) is 6.81. The lowest BCUT2D eigenvalue weighted by Gasteiger charge is -2.33. The summed E-state index contributed by atoms with van der Waals surface area (Å²) in [5.74, 6) is 1.24. The minimum Gasteiger partial charge on any atom is -0.299 e. The Balaban J connectivity index is 2.19. The molecule has 2 aliphatic carbocycles. The van der Waals surface area contributed by atoms with Gasteiger partial charge in [-0.3, -0.25) is 4.79 Å². The van der Waals surface area contributed by atoms with E-state index in [0.29, 0.717) is 17.6 Å². The van der Waals surface area contributed by atoms with Crippen LogP contribution in [-0.2, 0) is 4.79 Å². The Morgan fingerprint density at radius 3 is 2.27 bits per heavy atom. The van der Waals surface area contributed by atoms with E-state index in [4.69, 9.17) is 0 Å². The third kappa shape index (κ3) is 1.13. The number of Topliss-reactive ketones (excluding diaryl/α,β-unsaturated/α-hetero) is 1. The highest BCUT2D eigenvalue weighted by atomic mass is 16.1. The first-order valence-corrected chi connectivity index (χ1v) is 4.48. The van der Waals surface area contributed by atoms with Crippen LogP contribution in [0.3, 0.4) is 0 Å². The van der Waals surface area contributed by atoms with Crippen molar-refractivity contribution in [2.24, 2.45) is 11.8 Å². The molecule has 2 rings (SSSR count). The van der Waals surface area contributed by atoms with Gasteiger partial charge in [-0.25, -0.2) is 0 Å². The van der Waals surface area contributed by atoms with Gasteiger partial charge in [-0.1, -0.05) is 18.6 Å². The van der Waals surface area contributed by atoms with Crippen LogP contribution in [0.25, 0.3) is 0 Å². The summed E-state index contributed by atoms with van der Waals surface area (Å²) in [7, 11) is 0. The minimum absolute atomic E-state index is 0.356. The van der Waals surface area contributed by atoms with Crippen LogP contribution in [0.2, 0.25) is 0 Å². The van der Waals surface area contributed by atoms with E-state index in [9.17, 15) is 4.79 Å². The molecule has 2 bridgehead atoms. The summed E-state index contributed by atoms with van der Waals surface area (Å²) in [4.78, 5) is 11.5. The van der Waals surface area contributed by atoms with Gasteiger partial charge < -0.3 is 0 Å². The van der Waals surface area contributed by atoms with Crippen molar-refractivity contribution in [3.63, 3.8) is 0 Å². The van der Waals surface area contributed by atoms with E-state index in [1.54, 1.807) is 0 Å².